The molecule has 106 valence electrons. The van der Waals surface area contributed by atoms with Crippen LogP contribution in [-0.4, -0.2) is 27.5 Å². The van der Waals surface area contributed by atoms with Gasteiger partial charge in [-0.15, -0.1) is 0 Å². The van der Waals surface area contributed by atoms with Crippen LogP contribution < -0.4 is 5.73 Å². The lowest BCUT2D eigenvalue weighted by Crippen LogP contribution is -2.41. The Labute approximate surface area is 123 Å². The summed E-state index contributed by atoms with van der Waals surface area (Å²) in [6.45, 7) is 6.57. The number of benzene rings is 1. The standard InChI is InChI=1S/C15H22FNS2/c1-9-4-5-13(16)6-12(9)7-14(17)15-8-18-10(2)11(3)19-15/h4-6,10-11,14-15H,7-8,17H2,1-3H3. The third-order valence-corrected chi connectivity index (χ3v) is 7.39. The average Bonchev–Trinajstić information content (AvgIpc) is 2.37. The van der Waals surface area contributed by atoms with E-state index in [4.69, 9.17) is 5.73 Å². The molecule has 1 aliphatic heterocycles. The molecule has 19 heavy (non-hydrogen) atoms. The zero-order chi connectivity index (χ0) is 14.0. The van der Waals surface area contributed by atoms with E-state index >= 15 is 0 Å². The second kappa shape index (κ2) is 6.51. The Morgan fingerprint density at radius 1 is 1.37 bits per heavy atom. The Morgan fingerprint density at radius 2 is 2.11 bits per heavy atom. The summed E-state index contributed by atoms with van der Waals surface area (Å²) < 4.78 is 13.3. The minimum absolute atomic E-state index is 0.105. The van der Waals surface area contributed by atoms with Crippen molar-refractivity contribution < 1.29 is 4.39 Å². The molecule has 4 heteroatoms. The van der Waals surface area contributed by atoms with E-state index in [1.807, 2.05) is 36.5 Å². The largest absolute Gasteiger partial charge is 0.326 e. The summed E-state index contributed by atoms with van der Waals surface area (Å²) in [5.74, 6) is 0.937. The number of hydrogen-bond acceptors (Lipinski definition) is 3. The second-order valence-electron chi connectivity index (χ2n) is 5.36. The van der Waals surface area contributed by atoms with Gasteiger partial charge in [0.15, 0.2) is 0 Å². The highest BCUT2D eigenvalue weighted by atomic mass is 32.2. The number of aryl methyl sites for hydroxylation is 1. The van der Waals surface area contributed by atoms with Gasteiger partial charge in [0, 0.05) is 27.5 Å². The Hall–Kier alpha value is -0.190. The summed E-state index contributed by atoms with van der Waals surface area (Å²) in [6.07, 6.45) is 0.767. The van der Waals surface area contributed by atoms with E-state index in [9.17, 15) is 4.39 Å². The number of halogens is 1. The fraction of sp³-hybridized carbons (Fsp3) is 0.600. The molecule has 0 aromatic heterocycles. The van der Waals surface area contributed by atoms with Crippen LogP contribution in [0, 0.1) is 12.7 Å². The predicted molar refractivity (Wildman–Crippen MR) is 85.6 cm³/mol. The van der Waals surface area contributed by atoms with Crippen LogP contribution in [0.25, 0.3) is 0 Å². The van der Waals surface area contributed by atoms with Gasteiger partial charge in [0.1, 0.15) is 5.82 Å². The highest BCUT2D eigenvalue weighted by Gasteiger charge is 2.29. The van der Waals surface area contributed by atoms with E-state index < -0.39 is 0 Å². The number of nitrogens with two attached hydrogens (primary N) is 1. The van der Waals surface area contributed by atoms with Crippen molar-refractivity contribution in [3.05, 3.63) is 35.1 Å². The third-order valence-electron chi connectivity index (χ3n) is 3.82. The van der Waals surface area contributed by atoms with E-state index in [0.717, 1.165) is 23.3 Å². The van der Waals surface area contributed by atoms with Crippen molar-refractivity contribution in [1.82, 2.24) is 0 Å². The van der Waals surface area contributed by atoms with Gasteiger partial charge in [-0.05, 0) is 36.6 Å². The molecule has 1 aromatic rings. The Morgan fingerprint density at radius 3 is 2.79 bits per heavy atom. The number of hydrogen-bond donors (Lipinski definition) is 1. The zero-order valence-electron chi connectivity index (χ0n) is 11.7. The van der Waals surface area contributed by atoms with Gasteiger partial charge in [-0.25, -0.2) is 4.39 Å². The Balaban J connectivity index is 2.01. The average molecular weight is 299 g/mol. The van der Waals surface area contributed by atoms with E-state index in [0.29, 0.717) is 15.7 Å². The molecule has 0 saturated carbocycles. The van der Waals surface area contributed by atoms with Crippen LogP contribution in [0.1, 0.15) is 25.0 Å². The SMILES string of the molecule is Cc1ccc(F)cc1CC(N)C1CSC(C)C(C)S1. The maximum absolute atomic E-state index is 13.3. The first-order chi connectivity index (χ1) is 8.97. The van der Waals surface area contributed by atoms with Crippen LogP contribution in [0.3, 0.4) is 0 Å². The quantitative estimate of drug-likeness (QED) is 0.923. The van der Waals surface area contributed by atoms with Crippen molar-refractivity contribution >= 4 is 23.5 Å². The van der Waals surface area contributed by atoms with Crippen LogP contribution in [0.4, 0.5) is 4.39 Å². The topological polar surface area (TPSA) is 26.0 Å². The van der Waals surface area contributed by atoms with Gasteiger partial charge in [-0.2, -0.15) is 23.5 Å². The van der Waals surface area contributed by atoms with Crippen molar-refractivity contribution in [3.8, 4) is 0 Å². The lowest BCUT2D eigenvalue weighted by molar-refractivity contribution is 0.615. The van der Waals surface area contributed by atoms with Gasteiger partial charge in [0.05, 0.1) is 0 Å². The molecule has 0 amide bonds. The smallest absolute Gasteiger partial charge is 0.123 e. The molecular weight excluding hydrogens is 277 g/mol. The summed E-state index contributed by atoms with van der Waals surface area (Å²) >= 11 is 4.00. The van der Waals surface area contributed by atoms with Gasteiger partial charge in [-0.1, -0.05) is 19.9 Å². The predicted octanol–water partition coefficient (Wildman–Crippen LogP) is 3.63. The molecule has 2 rings (SSSR count). The molecule has 2 N–H and O–H groups in total. The molecule has 1 fully saturated rings. The fourth-order valence-electron chi connectivity index (χ4n) is 2.28. The zero-order valence-corrected chi connectivity index (χ0v) is 13.4. The Kier molecular flexibility index (Phi) is 5.21. The monoisotopic (exact) mass is 299 g/mol. The van der Waals surface area contributed by atoms with Crippen LogP contribution in [0.5, 0.6) is 0 Å². The van der Waals surface area contributed by atoms with Crippen molar-refractivity contribution in [2.75, 3.05) is 5.75 Å². The molecule has 4 atom stereocenters. The van der Waals surface area contributed by atoms with Crippen LogP contribution in [-0.2, 0) is 6.42 Å². The lowest BCUT2D eigenvalue weighted by Gasteiger charge is -2.34. The first-order valence-corrected chi connectivity index (χ1v) is 8.74. The van der Waals surface area contributed by atoms with E-state index in [-0.39, 0.29) is 11.9 Å². The Bertz CT molecular complexity index is 438. The van der Waals surface area contributed by atoms with Gasteiger partial charge in [0.2, 0.25) is 0 Å². The molecule has 0 spiro atoms. The number of rotatable bonds is 3. The van der Waals surface area contributed by atoms with E-state index in [1.165, 1.54) is 6.07 Å². The van der Waals surface area contributed by atoms with Gasteiger partial charge >= 0.3 is 0 Å². The summed E-state index contributed by atoms with van der Waals surface area (Å²) in [5, 5.41) is 1.81. The maximum Gasteiger partial charge on any atom is 0.123 e. The first kappa shape index (κ1) is 15.2. The molecule has 0 bridgehead atoms. The molecule has 4 unspecified atom stereocenters. The van der Waals surface area contributed by atoms with Crippen molar-refractivity contribution in [2.45, 2.75) is 49.0 Å². The molecule has 1 heterocycles. The normalized spacial score (nSPS) is 29.2. The van der Waals surface area contributed by atoms with Crippen molar-refractivity contribution in [2.24, 2.45) is 5.73 Å². The second-order valence-corrected chi connectivity index (χ2v) is 8.39. The van der Waals surface area contributed by atoms with E-state index in [1.54, 1.807) is 6.07 Å². The van der Waals surface area contributed by atoms with Crippen molar-refractivity contribution in [1.29, 1.82) is 0 Å². The molecule has 0 radical (unpaired) electrons. The molecule has 0 aliphatic carbocycles. The molecule has 1 saturated heterocycles. The summed E-state index contributed by atoms with van der Waals surface area (Å²) in [5.41, 5.74) is 8.53. The third kappa shape index (κ3) is 3.89. The molecule has 1 nitrogen and oxygen atoms in total. The first-order valence-electron chi connectivity index (χ1n) is 6.75. The minimum atomic E-state index is -0.166. The lowest BCUT2D eigenvalue weighted by atomic mass is 10.00. The maximum atomic E-state index is 13.3. The molecule has 1 aliphatic rings. The van der Waals surface area contributed by atoms with Gasteiger partial charge < -0.3 is 5.73 Å². The number of thioether (sulfide) groups is 2. The van der Waals surface area contributed by atoms with Crippen LogP contribution in [0.2, 0.25) is 0 Å². The summed E-state index contributed by atoms with van der Waals surface area (Å²) in [7, 11) is 0. The summed E-state index contributed by atoms with van der Waals surface area (Å²) in [4.78, 5) is 0. The molecule has 1 aromatic carbocycles. The highest BCUT2D eigenvalue weighted by Crippen LogP contribution is 2.37. The van der Waals surface area contributed by atoms with Crippen molar-refractivity contribution in [3.63, 3.8) is 0 Å². The van der Waals surface area contributed by atoms with Gasteiger partial charge in [0.25, 0.3) is 0 Å². The highest BCUT2D eigenvalue weighted by molar-refractivity contribution is 8.07. The van der Waals surface area contributed by atoms with Crippen LogP contribution in [0.15, 0.2) is 18.2 Å². The van der Waals surface area contributed by atoms with E-state index in [2.05, 4.69) is 13.8 Å². The minimum Gasteiger partial charge on any atom is -0.326 e. The summed E-state index contributed by atoms with van der Waals surface area (Å²) in [6, 6.07) is 5.08. The fourth-order valence-corrected chi connectivity index (χ4v) is 5.34. The van der Waals surface area contributed by atoms with Crippen LogP contribution >= 0.6 is 23.5 Å². The van der Waals surface area contributed by atoms with Gasteiger partial charge in [-0.3, -0.25) is 0 Å². The molecular formula is C15H22FNS2.